The van der Waals surface area contributed by atoms with Crippen molar-refractivity contribution in [1.29, 1.82) is 0 Å². The molecule has 0 spiro atoms. The summed E-state index contributed by atoms with van der Waals surface area (Å²) in [6.45, 7) is 12.1. The first kappa shape index (κ1) is 14.9. The molecule has 0 radical (unpaired) electrons. The van der Waals surface area contributed by atoms with E-state index in [-0.39, 0.29) is 12.1 Å². The first-order chi connectivity index (χ1) is 8.13. The van der Waals surface area contributed by atoms with Gasteiger partial charge in [-0.15, -0.1) is 0 Å². The minimum absolute atomic E-state index is 0.0613. The number of aliphatic hydroxyl groups excluding tert-OH is 1. The molecule has 0 heterocycles. The van der Waals surface area contributed by atoms with E-state index in [4.69, 9.17) is 0 Å². The molecule has 0 aromatic heterocycles. The van der Waals surface area contributed by atoms with Crippen LogP contribution in [-0.4, -0.2) is 47.8 Å². The maximum Gasteiger partial charge on any atom is 0.0628 e. The standard InChI is InChI=1S/C14H30N2O/c1-5-12(4)16(7-3)10-14(11-17,15-6-2)13-8-9-13/h12-13,15,17H,5-11H2,1-4H3. The molecule has 0 bridgehead atoms. The fraction of sp³-hybridized carbons (Fsp3) is 1.00. The number of nitrogens with one attached hydrogen (secondary N) is 1. The number of rotatable bonds is 9. The second-order valence-corrected chi connectivity index (χ2v) is 5.44. The lowest BCUT2D eigenvalue weighted by Crippen LogP contribution is -2.59. The summed E-state index contributed by atoms with van der Waals surface area (Å²) in [5, 5.41) is 13.4. The van der Waals surface area contributed by atoms with Crippen molar-refractivity contribution < 1.29 is 5.11 Å². The van der Waals surface area contributed by atoms with Crippen molar-refractivity contribution in [2.45, 2.75) is 58.5 Å². The average molecular weight is 242 g/mol. The summed E-state index contributed by atoms with van der Waals surface area (Å²) < 4.78 is 0. The molecular weight excluding hydrogens is 212 g/mol. The van der Waals surface area contributed by atoms with Crippen LogP contribution in [0.2, 0.25) is 0 Å². The van der Waals surface area contributed by atoms with Gasteiger partial charge in [0.1, 0.15) is 0 Å². The highest BCUT2D eigenvalue weighted by Gasteiger charge is 2.45. The van der Waals surface area contributed by atoms with Gasteiger partial charge in [0.05, 0.1) is 12.1 Å². The number of aliphatic hydroxyl groups is 1. The van der Waals surface area contributed by atoms with Gasteiger partial charge in [-0.3, -0.25) is 4.90 Å². The van der Waals surface area contributed by atoms with Crippen LogP contribution >= 0.6 is 0 Å². The zero-order chi connectivity index (χ0) is 12.9. The van der Waals surface area contributed by atoms with Gasteiger partial charge in [-0.05, 0) is 45.2 Å². The Kier molecular flexibility index (Phi) is 5.90. The Bertz CT molecular complexity index is 218. The molecule has 1 rings (SSSR count). The van der Waals surface area contributed by atoms with Gasteiger partial charge in [0.15, 0.2) is 0 Å². The first-order valence-electron chi connectivity index (χ1n) is 7.23. The van der Waals surface area contributed by atoms with Crippen LogP contribution in [0.1, 0.15) is 47.0 Å². The molecule has 3 heteroatoms. The van der Waals surface area contributed by atoms with Crippen LogP contribution in [0.4, 0.5) is 0 Å². The predicted molar refractivity (Wildman–Crippen MR) is 73.2 cm³/mol. The molecule has 0 saturated heterocycles. The molecule has 2 unspecified atom stereocenters. The monoisotopic (exact) mass is 242 g/mol. The summed E-state index contributed by atoms with van der Waals surface area (Å²) in [6.07, 6.45) is 3.71. The molecular formula is C14H30N2O. The smallest absolute Gasteiger partial charge is 0.0628 e. The van der Waals surface area contributed by atoms with Crippen LogP contribution in [0.15, 0.2) is 0 Å². The largest absolute Gasteiger partial charge is 0.394 e. The topological polar surface area (TPSA) is 35.5 Å². The number of nitrogens with zero attached hydrogens (tertiary/aromatic N) is 1. The lowest BCUT2D eigenvalue weighted by atomic mass is 9.92. The molecule has 1 aliphatic rings. The minimum Gasteiger partial charge on any atom is -0.394 e. The molecule has 1 saturated carbocycles. The van der Waals surface area contributed by atoms with Gasteiger partial charge >= 0.3 is 0 Å². The maximum atomic E-state index is 9.83. The molecule has 1 fully saturated rings. The maximum absolute atomic E-state index is 9.83. The molecule has 0 amide bonds. The van der Waals surface area contributed by atoms with Gasteiger partial charge in [-0.25, -0.2) is 0 Å². The van der Waals surface area contributed by atoms with E-state index in [0.29, 0.717) is 12.0 Å². The summed E-state index contributed by atoms with van der Waals surface area (Å²) in [4.78, 5) is 2.50. The summed E-state index contributed by atoms with van der Waals surface area (Å²) >= 11 is 0. The van der Waals surface area contributed by atoms with Crippen molar-refractivity contribution in [2.24, 2.45) is 5.92 Å². The molecule has 0 aromatic rings. The van der Waals surface area contributed by atoms with Crippen LogP contribution in [0.25, 0.3) is 0 Å². The SMILES string of the molecule is CCNC(CO)(CN(CC)C(C)CC)C1CC1. The van der Waals surface area contributed by atoms with E-state index in [1.54, 1.807) is 0 Å². The fourth-order valence-corrected chi connectivity index (χ4v) is 2.75. The van der Waals surface area contributed by atoms with E-state index >= 15 is 0 Å². The summed E-state index contributed by atoms with van der Waals surface area (Å²) in [5.74, 6) is 0.672. The van der Waals surface area contributed by atoms with Crippen molar-refractivity contribution in [3.05, 3.63) is 0 Å². The summed E-state index contributed by atoms with van der Waals surface area (Å²) in [5.41, 5.74) is -0.0613. The van der Waals surface area contributed by atoms with Gasteiger partial charge in [-0.1, -0.05) is 20.8 Å². The van der Waals surface area contributed by atoms with Crippen molar-refractivity contribution >= 4 is 0 Å². The van der Waals surface area contributed by atoms with Crippen molar-refractivity contribution in [2.75, 3.05) is 26.2 Å². The third kappa shape index (κ3) is 3.67. The Hall–Kier alpha value is -0.120. The highest BCUT2D eigenvalue weighted by atomic mass is 16.3. The second kappa shape index (κ2) is 6.72. The number of likely N-dealkylation sites (N-methyl/N-ethyl adjacent to an activating group) is 2. The Morgan fingerprint density at radius 2 is 2.00 bits per heavy atom. The van der Waals surface area contributed by atoms with Gasteiger partial charge in [-0.2, -0.15) is 0 Å². The average Bonchev–Trinajstić information content (AvgIpc) is 3.18. The second-order valence-electron chi connectivity index (χ2n) is 5.44. The molecule has 0 aromatic carbocycles. The molecule has 1 aliphatic carbocycles. The van der Waals surface area contributed by atoms with E-state index in [2.05, 4.69) is 37.9 Å². The number of hydrogen-bond acceptors (Lipinski definition) is 3. The summed E-state index contributed by atoms with van der Waals surface area (Å²) in [6, 6.07) is 0.600. The van der Waals surface area contributed by atoms with Crippen LogP contribution in [0.3, 0.4) is 0 Å². The third-order valence-corrected chi connectivity index (χ3v) is 4.28. The van der Waals surface area contributed by atoms with Crippen LogP contribution in [-0.2, 0) is 0 Å². The van der Waals surface area contributed by atoms with Gasteiger partial charge in [0.25, 0.3) is 0 Å². The lowest BCUT2D eigenvalue weighted by Gasteiger charge is -2.40. The number of hydrogen-bond donors (Lipinski definition) is 2. The lowest BCUT2D eigenvalue weighted by molar-refractivity contribution is 0.0763. The Balaban J connectivity index is 2.69. The van der Waals surface area contributed by atoms with E-state index in [1.165, 1.54) is 19.3 Å². The molecule has 3 nitrogen and oxygen atoms in total. The summed E-state index contributed by atoms with van der Waals surface area (Å²) in [7, 11) is 0. The van der Waals surface area contributed by atoms with Crippen molar-refractivity contribution in [1.82, 2.24) is 10.2 Å². The zero-order valence-electron chi connectivity index (χ0n) is 12.0. The van der Waals surface area contributed by atoms with Gasteiger partial charge in [0, 0.05) is 12.6 Å². The fourth-order valence-electron chi connectivity index (χ4n) is 2.75. The molecule has 0 aliphatic heterocycles. The predicted octanol–water partition coefficient (Wildman–Crippen LogP) is 1.86. The molecule has 2 atom stereocenters. The van der Waals surface area contributed by atoms with Crippen molar-refractivity contribution in [3.63, 3.8) is 0 Å². The van der Waals surface area contributed by atoms with Crippen molar-refractivity contribution in [3.8, 4) is 0 Å². The highest BCUT2D eigenvalue weighted by Crippen LogP contribution is 2.40. The zero-order valence-corrected chi connectivity index (χ0v) is 12.0. The van der Waals surface area contributed by atoms with Gasteiger partial charge < -0.3 is 10.4 Å². The Morgan fingerprint density at radius 1 is 1.35 bits per heavy atom. The van der Waals surface area contributed by atoms with E-state index < -0.39 is 0 Å². The van der Waals surface area contributed by atoms with Crippen LogP contribution in [0.5, 0.6) is 0 Å². The van der Waals surface area contributed by atoms with Crippen LogP contribution < -0.4 is 5.32 Å². The quantitative estimate of drug-likeness (QED) is 0.648. The Morgan fingerprint density at radius 3 is 2.35 bits per heavy atom. The molecule has 17 heavy (non-hydrogen) atoms. The normalized spacial score (nSPS) is 21.5. The molecule has 102 valence electrons. The van der Waals surface area contributed by atoms with Gasteiger partial charge in [0.2, 0.25) is 0 Å². The van der Waals surface area contributed by atoms with E-state index in [0.717, 1.165) is 19.6 Å². The Labute approximate surface area is 107 Å². The third-order valence-electron chi connectivity index (χ3n) is 4.28. The highest BCUT2D eigenvalue weighted by molar-refractivity contribution is 5.03. The first-order valence-corrected chi connectivity index (χ1v) is 7.23. The van der Waals surface area contributed by atoms with E-state index in [9.17, 15) is 5.11 Å². The van der Waals surface area contributed by atoms with Crippen LogP contribution in [0, 0.1) is 5.92 Å². The molecule has 2 N–H and O–H groups in total. The van der Waals surface area contributed by atoms with E-state index in [1.807, 2.05) is 0 Å². The minimum atomic E-state index is -0.0613.